The van der Waals surface area contributed by atoms with Crippen molar-refractivity contribution < 1.29 is 57.5 Å². The van der Waals surface area contributed by atoms with Crippen LogP contribution in [0, 0.1) is 0 Å². The van der Waals surface area contributed by atoms with Gasteiger partial charge in [0, 0.05) is 25.6 Å². The summed E-state index contributed by atoms with van der Waals surface area (Å²) in [4.78, 5) is 59.3. The van der Waals surface area contributed by atoms with Gasteiger partial charge in [0.2, 0.25) is 11.8 Å². The summed E-state index contributed by atoms with van der Waals surface area (Å²) in [5, 5.41) is 19.9. The van der Waals surface area contributed by atoms with Gasteiger partial charge in [-0.25, -0.2) is 14.4 Å². The molecule has 53 heavy (non-hydrogen) atoms. The zero-order chi connectivity index (χ0) is 38.1. The van der Waals surface area contributed by atoms with E-state index in [1.807, 2.05) is 48.5 Å². The van der Waals surface area contributed by atoms with Crippen molar-refractivity contribution in [2.45, 2.75) is 31.2 Å². The highest BCUT2D eigenvalue weighted by Crippen LogP contribution is 2.44. The number of carboxylic acid groups (broad SMARTS) is 1. The van der Waals surface area contributed by atoms with Gasteiger partial charge in [-0.2, -0.15) is 0 Å². The lowest BCUT2D eigenvalue weighted by atomic mass is 9.98. The number of ether oxygens (including phenoxy) is 6. The van der Waals surface area contributed by atoms with E-state index in [0.29, 0.717) is 19.4 Å². The normalized spacial score (nSPS) is 12.2. The topological polar surface area (TPSA) is 209 Å². The number of hydrogen-bond donors (Lipinski definition) is 5. The molecule has 0 aromatic heterocycles. The quantitative estimate of drug-likeness (QED) is 0.0661. The minimum atomic E-state index is -1.17. The van der Waals surface area contributed by atoms with Crippen molar-refractivity contribution >= 4 is 30.0 Å². The molecule has 1 atom stereocenters. The Morgan fingerprint density at radius 1 is 0.679 bits per heavy atom. The van der Waals surface area contributed by atoms with Crippen LogP contribution in [-0.4, -0.2) is 127 Å². The van der Waals surface area contributed by atoms with E-state index in [4.69, 9.17) is 28.4 Å². The highest BCUT2D eigenvalue weighted by molar-refractivity contribution is 5.81. The smallest absolute Gasteiger partial charge is 0.407 e. The van der Waals surface area contributed by atoms with Crippen molar-refractivity contribution in [1.82, 2.24) is 21.3 Å². The third-order valence-electron chi connectivity index (χ3n) is 7.80. The summed E-state index contributed by atoms with van der Waals surface area (Å²) in [7, 11) is 0. The summed E-state index contributed by atoms with van der Waals surface area (Å²) < 4.78 is 31.4. The van der Waals surface area contributed by atoms with Crippen molar-refractivity contribution in [3.05, 3.63) is 72.3 Å². The van der Waals surface area contributed by atoms with E-state index >= 15 is 0 Å². The minimum absolute atomic E-state index is 0.0828. The fourth-order valence-electron chi connectivity index (χ4n) is 5.29. The van der Waals surface area contributed by atoms with E-state index in [-0.39, 0.29) is 103 Å². The second-order valence-corrected chi connectivity index (χ2v) is 11.7. The Bertz CT molecular complexity index is 1430. The number of hydrogen-bond acceptors (Lipinski definition) is 11. The van der Waals surface area contributed by atoms with E-state index in [0.717, 1.165) is 22.3 Å². The van der Waals surface area contributed by atoms with Crippen LogP contribution in [-0.2, 0) is 42.8 Å². The molecule has 2 aromatic carbocycles. The predicted octanol–water partition coefficient (Wildman–Crippen LogP) is 2.36. The summed E-state index contributed by atoms with van der Waals surface area (Å²) in [6.07, 6.45) is 1.24. The summed E-state index contributed by atoms with van der Waals surface area (Å²) in [6, 6.07) is 14.8. The van der Waals surface area contributed by atoms with Gasteiger partial charge in [-0.05, 0) is 41.5 Å². The third kappa shape index (κ3) is 16.5. The van der Waals surface area contributed by atoms with Gasteiger partial charge < -0.3 is 54.8 Å². The first-order chi connectivity index (χ1) is 25.8. The van der Waals surface area contributed by atoms with Crippen LogP contribution < -0.4 is 21.3 Å². The maximum Gasteiger partial charge on any atom is 0.407 e. The van der Waals surface area contributed by atoms with Crippen molar-refractivity contribution in [1.29, 1.82) is 0 Å². The van der Waals surface area contributed by atoms with Crippen LogP contribution in [0.2, 0.25) is 0 Å². The fourth-order valence-corrected chi connectivity index (χ4v) is 5.29. The van der Waals surface area contributed by atoms with Crippen molar-refractivity contribution in [2.24, 2.45) is 0 Å². The Balaban J connectivity index is 1.12. The molecule has 5 N–H and O–H groups in total. The average Bonchev–Trinajstić information content (AvgIpc) is 3.47. The highest BCUT2D eigenvalue weighted by Gasteiger charge is 2.29. The molecule has 3 rings (SSSR count). The first kappa shape index (κ1) is 42.4. The zero-order valence-corrected chi connectivity index (χ0v) is 29.8. The number of carbonyl (C=O) groups excluding carboxylic acids is 4. The summed E-state index contributed by atoms with van der Waals surface area (Å²) in [5.74, 6) is -1.93. The van der Waals surface area contributed by atoms with E-state index < -0.39 is 24.2 Å². The zero-order valence-electron chi connectivity index (χ0n) is 29.8. The number of carbonyl (C=O) groups is 5. The van der Waals surface area contributed by atoms with Crippen molar-refractivity contribution in [3.8, 4) is 11.1 Å². The van der Waals surface area contributed by atoms with Gasteiger partial charge in [0.15, 0.2) is 0 Å². The SMILES string of the molecule is C=CCOC(=O)NCCOCCOCC(=O)NCCOCCOCC(=O)NCCCC[C@H](NC(=O)OCC1c2ccccc2-c2ccccc21)C(=O)O. The number of alkyl carbamates (subject to hydrolysis) is 2. The van der Waals surface area contributed by atoms with Gasteiger partial charge in [-0.3, -0.25) is 9.59 Å². The first-order valence-electron chi connectivity index (χ1n) is 17.5. The maximum absolute atomic E-state index is 12.5. The van der Waals surface area contributed by atoms with E-state index in [9.17, 15) is 29.1 Å². The number of fused-ring (bicyclic) bond motifs is 3. The molecule has 0 heterocycles. The fraction of sp³-hybridized carbons (Fsp3) is 0.486. The first-order valence-corrected chi connectivity index (χ1v) is 17.5. The van der Waals surface area contributed by atoms with Gasteiger partial charge in [0.25, 0.3) is 0 Å². The molecule has 0 aliphatic heterocycles. The molecule has 290 valence electrons. The molecule has 0 saturated heterocycles. The molecule has 4 amide bonds. The minimum Gasteiger partial charge on any atom is -0.480 e. The second-order valence-electron chi connectivity index (χ2n) is 11.7. The molecular weight excluding hydrogens is 692 g/mol. The van der Waals surface area contributed by atoms with Gasteiger partial charge in [0.05, 0.1) is 39.6 Å². The molecule has 1 aliphatic carbocycles. The number of nitrogens with one attached hydrogen (secondary N) is 4. The molecule has 0 saturated carbocycles. The number of aliphatic carboxylic acids is 1. The van der Waals surface area contributed by atoms with Crippen molar-refractivity contribution in [3.63, 3.8) is 0 Å². The molecule has 0 fully saturated rings. The molecule has 16 nitrogen and oxygen atoms in total. The molecule has 1 aliphatic rings. The Hall–Kier alpha value is -5.03. The Kier molecular flexibility index (Phi) is 20.0. The third-order valence-corrected chi connectivity index (χ3v) is 7.80. The van der Waals surface area contributed by atoms with Crippen LogP contribution in [0.15, 0.2) is 61.2 Å². The molecule has 2 aromatic rings. The van der Waals surface area contributed by atoms with Gasteiger partial charge in [0.1, 0.15) is 32.5 Å². The monoisotopic (exact) mass is 742 g/mol. The van der Waals surface area contributed by atoms with Crippen LogP contribution in [0.3, 0.4) is 0 Å². The van der Waals surface area contributed by atoms with Crippen LogP contribution >= 0.6 is 0 Å². The van der Waals surface area contributed by atoms with Crippen molar-refractivity contribution in [2.75, 3.05) is 85.7 Å². The van der Waals surface area contributed by atoms with Gasteiger partial charge in [-0.1, -0.05) is 61.2 Å². The average molecular weight is 743 g/mol. The van der Waals surface area contributed by atoms with E-state index in [1.165, 1.54) is 6.08 Å². The lowest BCUT2D eigenvalue weighted by Crippen LogP contribution is -2.41. The maximum atomic E-state index is 12.5. The number of amides is 4. The van der Waals surface area contributed by atoms with Gasteiger partial charge in [-0.15, -0.1) is 0 Å². The van der Waals surface area contributed by atoms with Gasteiger partial charge >= 0.3 is 18.2 Å². The predicted molar refractivity (Wildman–Crippen MR) is 192 cm³/mol. The number of rotatable bonds is 27. The van der Waals surface area contributed by atoms with Crippen LogP contribution in [0.25, 0.3) is 11.1 Å². The summed E-state index contributed by atoms with van der Waals surface area (Å²) in [6.45, 7) is 5.63. The standard InChI is InChI=1S/C37H50N4O12/c1-2-17-52-36(46)40-16-19-49-21-23-51-26-34(43)39-15-18-48-20-22-50-25-33(42)38-14-8-7-13-32(35(44)45)41-37(47)53-24-31-29-11-5-3-9-27(29)28-10-4-6-12-30(28)31/h2-6,9-12,31-32H,1,7-8,13-26H2,(H,38,42)(H,39,43)(H,40,46)(H,41,47)(H,44,45)/t32-/m0/s1. The molecule has 16 heteroatoms. The summed E-state index contributed by atoms with van der Waals surface area (Å²) >= 11 is 0. The van der Waals surface area contributed by atoms with Crippen LogP contribution in [0.5, 0.6) is 0 Å². The highest BCUT2D eigenvalue weighted by atomic mass is 16.6. The van der Waals surface area contributed by atoms with E-state index in [2.05, 4.69) is 27.8 Å². The number of unbranched alkanes of at least 4 members (excludes halogenated alkanes) is 1. The molecule has 0 bridgehead atoms. The summed E-state index contributed by atoms with van der Waals surface area (Å²) in [5.41, 5.74) is 4.32. The Morgan fingerprint density at radius 3 is 1.81 bits per heavy atom. The number of carboxylic acids is 1. The number of benzene rings is 2. The molecule has 0 spiro atoms. The second kappa shape index (κ2) is 25.0. The van der Waals surface area contributed by atoms with Crippen LogP contribution in [0.1, 0.15) is 36.3 Å². The largest absolute Gasteiger partial charge is 0.480 e. The lowest BCUT2D eigenvalue weighted by Gasteiger charge is -2.17. The molecular formula is C37H50N4O12. The van der Waals surface area contributed by atoms with E-state index in [1.54, 1.807) is 0 Å². The Morgan fingerprint density at radius 2 is 1.23 bits per heavy atom. The molecule has 0 unspecified atom stereocenters. The molecule has 0 radical (unpaired) electrons. The Labute approximate surface area is 308 Å². The lowest BCUT2D eigenvalue weighted by molar-refractivity contribution is -0.139. The van der Waals surface area contributed by atoms with Crippen LogP contribution in [0.4, 0.5) is 9.59 Å².